The molecule has 1 fully saturated rings. The van der Waals surface area contributed by atoms with E-state index in [1.807, 2.05) is 4.90 Å². The molecule has 1 aliphatic heterocycles. The Kier molecular flexibility index (Phi) is 6.45. The molecular formula is C18H28N2O4. The number of hydrogen-bond acceptors (Lipinski definition) is 5. The third-order valence-corrected chi connectivity index (χ3v) is 4.36. The number of ether oxygens (including phenoxy) is 2. The van der Waals surface area contributed by atoms with Crippen molar-refractivity contribution in [1.82, 2.24) is 9.80 Å². The Morgan fingerprint density at radius 3 is 2.33 bits per heavy atom. The number of carboxylic acid groups (broad SMARTS) is 1. The number of methoxy groups -OCH3 is 2. The van der Waals surface area contributed by atoms with Crippen LogP contribution in [0.15, 0.2) is 18.2 Å². The SMILES string of the molecule is COc1ccc(OC)c(C(C(=O)O)N2CCN(CC(C)C)CC2)c1. The fourth-order valence-corrected chi connectivity index (χ4v) is 3.26. The van der Waals surface area contributed by atoms with Crippen LogP contribution in [-0.4, -0.2) is 67.8 Å². The van der Waals surface area contributed by atoms with Crippen LogP contribution in [0.25, 0.3) is 0 Å². The lowest BCUT2D eigenvalue weighted by Gasteiger charge is -2.38. The molecule has 0 radical (unpaired) electrons. The van der Waals surface area contributed by atoms with E-state index in [1.54, 1.807) is 32.4 Å². The van der Waals surface area contributed by atoms with Crippen molar-refractivity contribution in [3.8, 4) is 11.5 Å². The number of benzene rings is 1. The molecule has 134 valence electrons. The lowest BCUT2D eigenvalue weighted by molar-refractivity contribution is -0.144. The second kappa shape index (κ2) is 8.35. The second-order valence-corrected chi connectivity index (χ2v) is 6.58. The maximum Gasteiger partial charge on any atom is 0.325 e. The van der Waals surface area contributed by atoms with Gasteiger partial charge in [-0.1, -0.05) is 13.8 Å². The molecule has 1 N–H and O–H groups in total. The fraction of sp³-hybridized carbons (Fsp3) is 0.611. The third kappa shape index (κ3) is 4.39. The molecule has 0 saturated carbocycles. The van der Waals surface area contributed by atoms with Crippen LogP contribution in [0.5, 0.6) is 11.5 Å². The van der Waals surface area contributed by atoms with Gasteiger partial charge < -0.3 is 19.5 Å². The summed E-state index contributed by atoms with van der Waals surface area (Å²) in [6.45, 7) is 8.67. The van der Waals surface area contributed by atoms with E-state index in [1.165, 1.54) is 0 Å². The Balaban J connectivity index is 2.20. The summed E-state index contributed by atoms with van der Waals surface area (Å²) in [5.41, 5.74) is 0.640. The minimum absolute atomic E-state index is 0.577. The van der Waals surface area contributed by atoms with Gasteiger partial charge in [0.1, 0.15) is 17.5 Å². The van der Waals surface area contributed by atoms with E-state index in [2.05, 4.69) is 18.7 Å². The van der Waals surface area contributed by atoms with E-state index >= 15 is 0 Å². The van der Waals surface area contributed by atoms with Gasteiger partial charge in [0.05, 0.1) is 14.2 Å². The molecule has 1 unspecified atom stereocenters. The summed E-state index contributed by atoms with van der Waals surface area (Å²) in [5.74, 6) is 0.965. The summed E-state index contributed by atoms with van der Waals surface area (Å²) in [6.07, 6.45) is 0. The molecule has 0 bridgehead atoms. The van der Waals surface area contributed by atoms with Gasteiger partial charge in [0.2, 0.25) is 0 Å². The number of rotatable bonds is 7. The molecule has 0 aromatic heterocycles. The largest absolute Gasteiger partial charge is 0.497 e. The quantitative estimate of drug-likeness (QED) is 0.823. The van der Waals surface area contributed by atoms with Gasteiger partial charge in [-0.3, -0.25) is 9.69 Å². The van der Waals surface area contributed by atoms with Crippen molar-refractivity contribution in [2.75, 3.05) is 46.9 Å². The van der Waals surface area contributed by atoms with Gasteiger partial charge in [-0.25, -0.2) is 0 Å². The molecule has 1 aromatic carbocycles. The Labute approximate surface area is 144 Å². The van der Waals surface area contributed by atoms with Gasteiger partial charge in [0.15, 0.2) is 0 Å². The van der Waals surface area contributed by atoms with Crippen molar-refractivity contribution in [1.29, 1.82) is 0 Å². The molecule has 1 atom stereocenters. The summed E-state index contributed by atoms with van der Waals surface area (Å²) in [6, 6.07) is 4.58. The Morgan fingerprint density at radius 1 is 1.17 bits per heavy atom. The van der Waals surface area contributed by atoms with E-state index in [9.17, 15) is 9.90 Å². The molecule has 0 amide bonds. The average Bonchev–Trinajstić information content (AvgIpc) is 2.55. The van der Waals surface area contributed by atoms with Crippen LogP contribution >= 0.6 is 0 Å². The standard InChI is InChI=1S/C18H28N2O4/c1-13(2)12-19-7-9-20(10-8-19)17(18(21)22)15-11-14(23-3)5-6-16(15)24-4/h5-6,11,13,17H,7-10,12H2,1-4H3,(H,21,22). The average molecular weight is 336 g/mol. The first-order chi connectivity index (χ1) is 11.5. The molecule has 1 saturated heterocycles. The molecule has 1 heterocycles. The molecule has 1 aromatic rings. The highest BCUT2D eigenvalue weighted by Gasteiger charge is 2.32. The minimum atomic E-state index is -0.862. The van der Waals surface area contributed by atoms with Crippen LogP contribution in [0.2, 0.25) is 0 Å². The summed E-state index contributed by atoms with van der Waals surface area (Å²) in [7, 11) is 3.14. The third-order valence-electron chi connectivity index (χ3n) is 4.36. The van der Waals surface area contributed by atoms with Crippen molar-refractivity contribution in [2.24, 2.45) is 5.92 Å². The summed E-state index contributed by atoms with van der Waals surface area (Å²) in [5, 5.41) is 9.82. The zero-order chi connectivity index (χ0) is 17.7. The molecule has 2 rings (SSSR count). The Morgan fingerprint density at radius 2 is 1.83 bits per heavy atom. The van der Waals surface area contributed by atoms with Crippen LogP contribution in [0.4, 0.5) is 0 Å². The predicted molar refractivity (Wildman–Crippen MR) is 92.8 cm³/mol. The number of piperazine rings is 1. The summed E-state index contributed by atoms with van der Waals surface area (Å²) in [4.78, 5) is 16.4. The maximum absolute atomic E-state index is 12.0. The van der Waals surface area contributed by atoms with Gasteiger partial charge in [-0.15, -0.1) is 0 Å². The topological polar surface area (TPSA) is 62.2 Å². The predicted octanol–water partition coefficient (Wildman–Crippen LogP) is 2.10. The molecule has 6 nitrogen and oxygen atoms in total. The zero-order valence-electron chi connectivity index (χ0n) is 15.0. The Hall–Kier alpha value is -1.79. The lowest BCUT2D eigenvalue weighted by atomic mass is 10.0. The highest BCUT2D eigenvalue weighted by atomic mass is 16.5. The summed E-state index contributed by atoms with van der Waals surface area (Å²) < 4.78 is 10.6. The maximum atomic E-state index is 12.0. The van der Waals surface area contributed by atoms with Crippen molar-refractivity contribution in [3.05, 3.63) is 23.8 Å². The highest BCUT2D eigenvalue weighted by Crippen LogP contribution is 2.33. The van der Waals surface area contributed by atoms with E-state index in [4.69, 9.17) is 9.47 Å². The number of aliphatic carboxylic acids is 1. The number of nitrogens with zero attached hydrogens (tertiary/aromatic N) is 2. The number of hydrogen-bond donors (Lipinski definition) is 1. The van der Waals surface area contributed by atoms with Gasteiger partial charge in [0, 0.05) is 38.3 Å². The van der Waals surface area contributed by atoms with Gasteiger partial charge in [-0.2, -0.15) is 0 Å². The molecule has 1 aliphatic rings. The molecular weight excluding hydrogens is 308 g/mol. The zero-order valence-corrected chi connectivity index (χ0v) is 15.0. The van der Waals surface area contributed by atoms with Crippen molar-refractivity contribution < 1.29 is 19.4 Å². The van der Waals surface area contributed by atoms with Gasteiger partial charge >= 0.3 is 5.97 Å². The van der Waals surface area contributed by atoms with Crippen LogP contribution in [-0.2, 0) is 4.79 Å². The first kappa shape index (κ1) is 18.5. The first-order valence-corrected chi connectivity index (χ1v) is 8.37. The second-order valence-electron chi connectivity index (χ2n) is 6.58. The molecule has 24 heavy (non-hydrogen) atoms. The number of carboxylic acids is 1. The molecule has 0 aliphatic carbocycles. The van der Waals surface area contributed by atoms with E-state index in [0.29, 0.717) is 23.0 Å². The molecule has 6 heteroatoms. The normalized spacial score (nSPS) is 17.7. The summed E-state index contributed by atoms with van der Waals surface area (Å²) >= 11 is 0. The van der Waals surface area contributed by atoms with Crippen LogP contribution < -0.4 is 9.47 Å². The van der Waals surface area contributed by atoms with Crippen LogP contribution in [0.1, 0.15) is 25.5 Å². The van der Waals surface area contributed by atoms with Crippen molar-refractivity contribution in [3.63, 3.8) is 0 Å². The number of carbonyl (C=O) groups is 1. The van der Waals surface area contributed by atoms with Crippen molar-refractivity contribution >= 4 is 5.97 Å². The van der Waals surface area contributed by atoms with Crippen molar-refractivity contribution in [2.45, 2.75) is 19.9 Å². The monoisotopic (exact) mass is 336 g/mol. The van der Waals surface area contributed by atoms with E-state index < -0.39 is 12.0 Å². The highest BCUT2D eigenvalue weighted by molar-refractivity contribution is 5.77. The fourth-order valence-electron chi connectivity index (χ4n) is 3.26. The van der Waals surface area contributed by atoms with Gasteiger partial charge in [-0.05, 0) is 24.1 Å². The van der Waals surface area contributed by atoms with E-state index in [-0.39, 0.29) is 0 Å². The smallest absolute Gasteiger partial charge is 0.325 e. The lowest BCUT2D eigenvalue weighted by Crippen LogP contribution is -2.50. The first-order valence-electron chi connectivity index (χ1n) is 8.37. The Bertz CT molecular complexity index is 554. The van der Waals surface area contributed by atoms with Gasteiger partial charge in [0.25, 0.3) is 0 Å². The van der Waals surface area contributed by atoms with Crippen LogP contribution in [0.3, 0.4) is 0 Å². The molecule has 0 spiro atoms. The van der Waals surface area contributed by atoms with Crippen LogP contribution in [0, 0.1) is 5.92 Å². The van der Waals surface area contributed by atoms with E-state index in [0.717, 1.165) is 32.7 Å². The minimum Gasteiger partial charge on any atom is -0.497 e.